The van der Waals surface area contributed by atoms with E-state index in [1.54, 1.807) is 4.90 Å². The molecule has 0 spiro atoms. The topological polar surface area (TPSA) is 59.1 Å². The number of amides is 2. The van der Waals surface area contributed by atoms with Gasteiger partial charge >= 0.3 is 0 Å². The van der Waals surface area contributed by atoms with Gasteiger partial charge in [0.1, 0.15) is 13.2 Å². The lowest BCUT2D eigenvalue weighted by molar-refractivity contribution is -0.134. The van der Waals surface area contributed by atoms with Crippen LogP contribution in [-0.2, 0) is 9.59 Å². The van der Waals surface area contributed by atoms with Crippen LogP contribution in [0.3, 0.4) is 0 Å². The van der Waals surface area contributed by atoms with Crippen molar-refractivity contribution in [2.45, 2.75) is 52.0 Å². The molecule has 0 N–H and O–H groups in total. The van der Waals surface area contributed by atoms with Crippen molar-refractivity contribution in [3.63, 3.8) is 0 Å². The number of carbonyl (C=O) groups excluding carboxylic acids is 2. The third-order valence-electron chi connectivity index (χ3n) is 5.19. The molecule has 2 aliphatic rings. The second-order valence-electron chi connectivity index (χ2n) is 6.89. The van der Waals surface area contributed by atoms with Crippen molar-refractivity contribution in [1.82, 2.24) is 4.90 Å². The minimum atomic E-state index is -0.0832. The Morgan fingerprint density at radius 2 is 1.96 bits per heavy atom. The first kappa shape index (κ1) is 18.5. The van der Waals surface area contributed by atoms with E-state index in [-0.39, 0.29) is 11.8 Å². The van der Waals surface area contributed by atoms with E-state index in [0.717, 1.165) is 31.5 Å². The Balaban J connectivity index is 1.67. The van der Waals surface area contributed by atoms with Crippen molar-refractivity contribution < 1.29 is 19.1 Å². The molecular formula is C20H28N2O4. The molecular weight excluding hydrogens is 332 g/mol. The summed E-state index contributed by atoms with van der Waals surface area (Å²) >= 11 is 0. The van der Waals surface area contributed by atoms with Crippen molar-refractivity contribution >= 4 is 17.5 Å². The number of nitrogens with zero attached hydrogens (tertiary/aromatic N) is 2. The van der Waals surface area contributed by atoms with Crippen molar-refractivity contribution in [2.75, 3.05) is 31.2 Å². The third kappa shape index (κ3) is 4.11. The Labute approximate surface area is 155 Å². The molecule has 6 heteroatoms. The summed E-state index contributed by atoms with van der Waals surface area (Å²) in [6.45, 7) is 5.90. The van der Waals surface area contributed by atoms with Crippen LogP contribution >= 0.6 is 0 Å². The number of benzene rings is 1. The summed E-state index contributed by atoms with van der Waals surface area (Å²) < 4.78 is 11.1. The summed E-state index contributed by atoms with van der Waals surface area (Å²) in [5.41, 5.74) is 0.736. The first-order valence-electron chi connectivity index (χ1n) is 9.57. The normalized spacial score (nSPS) is 19.2. The maximum atomic E-state index is 12.7. The summed E-state index contributed by atoms with van der Waals surface area (Å²) in [6.07, 6.45) is 4.68. The van der Waals surface area contributed by atoms with Crippen LogP contribution in [0.25, 0.3) is 0 Å². The highest BCUT2D eigenvalue weighted by atomic mass is 16.6. The fourth-order valence-electron chi connectivity index (χ4n) is 3.77. The number of rotatable bonds is 5. The van der Waals surface area contributed by atoms with Crippen LogP contribution in [0.1, 0.15) is 46.0 Å². The van der Waals surface area contributed by atoms with Gasteiger partial charge in [-0.1, -0.05) is 6.92 Å². The van der Waals surface area contributed by atoms with Crippen molar-refractivity contribution in [1.29, 1.82) is 0 Å². The maximum Gasteiger partial charge on any atom is 0.224 e. The zero-order valence-corrected chi connectivity index (χ0v) is 15.7. The Kier molecular flexibility index (Phi) is 6.01. The number of ether oxygens (including phenoxy) is 2. The summed E-state index contributed by atoms with van der Waals surface area (Å²) in [4.78, 5) is 28.5. The molecule has 1 unspecified atom stereocenters. The van der Waals surface area contributed by atoms with Crippen LogP contribution in [0.2, 0.25) is 0 Å². The number of piperidine rings is 1. The highest BCUT2D eigenvalue weighted by Crippen LogP contribution is 2.34. The highest BCUT2D eigenvalue weighted by Gasteiger charge is 2.26. The SMILES string of the molecule is CCC1CCCCN1C(=O)CCN(C(C)=O)c1ccc2c(c1)OCCO2. The second kappa shape index (κ2) is 8.43. The van der Waals surface area contributed by atoms with Gasteiger partial charge in [0, 0.05) is 44.2 Å². The molecule has 142 valence electrons. The molecule has 6 nitrogen and oxygen atoms in total. The zero-order chi connectivity index (χ0) is 18.5. The van der Waals surface area contributed by atoms with Gasteiger partial charge in [-0.2, -0.15) is 0 Å². The summed E-state index contributed by atoms with van der Waals surface area (Å²) in [5, 5.41) is 0. The van der Waals surface area contributed by atoms with E-state index in [2.05, 4.69) is 6.92 Å². The number of anilines is 1. The number of carbonyl (C=O) groups is 2. The Morgan fingerprint density at radius 3 is 2.69 bits per heavy atom. The van der Waals surface area contributed by atoms with Gasteiger partial charge < -0.3 is 19.3 Å². The van der Waals surface area contributed by atoms with Crippen LogP contribution in [-0.4, -0.2) is 49.1 Å². The van der Waals surface area contributed by atoms with Gasteiger partial charge in [-0.3, -0.25) is 9.59 Å². The molecule has 0 aromatic heterocycles. The molecule has 1 aromatic rings. The van der Waals surface area contributed by atoms with Crippen LogP contribution in [0.15, 0.2) is 18.2 Å². The van der Waals surface area contributed by atoms with E-state index in [1.165, 1.54) is 13.3 Å². The summed E-state index contributed by atoms with van der Waals surface area (Å²) in [7, 11) is 0. The molecule has 3 rings (SSSR count). The molecule has 2 aliphatic heterocycles. The van der Waals surface area contributed by atoms with Crippen molar-refractivity contribution in [2.24, 2.45) is 0 Å². The molecule has 1 saturated heterocycles. The lowest BCUT2D eigenvalue weighted by Gasteiger charge is -2.36. The maximum absolute atomic E-state index is 12.7. The third-order valence-corrected chi connectivity index (χ3v) is 5.19. The number of hydrogen-bond donors (Lipinski definition) is 0. The van der Waals surface area contributed by atoms with Gasteiger partial charge in [0.2, 0.25) is 11.8 Å². The molecule has 1 fully saturated rings. The van der Waals surface area contributed by atoms with Gasteiger partial charge in [0.15, 0.2) is 11.5 Å². The standard InChI is InChI=1S/C20H28N2O4/c1-3-16-6-4-5-10-22(16)20(24)9-11-21(15(2)23)17-7-8-18-19(14-17)26-13-12-25-18/h7-8,14,16H,3-6,9-13H2,1-2H3. The van der Waals surface area contributed by atoms with E-state index >= 15 is 0 Å². The van der Waals surface area contributed by atoms with Crippen LogP contribution in [0, 0.1) is 0 Å². The van der Waals surface area contributed by atoms with E-state index in [1.807, 2.05) is 23.1 Å². The molecule has 26 heavy (non-hydrogen) atoms. The van der Waals surface area contributed by atoms with Crippen LogP contribution in [0.4, 0.5) is 5.69 Å². The van der Waals surface area contributed by atoms with Gasteiger partial charge in [-0.05, 0) is 37.8 Å². The number of fused-ring (bicyclic) bond motifs is 1. The van der Waals surface area contributed by atoms with E-state index in [0.29, 0.717) is 43.7 Å². The number of likely N-dealkylation sites (tertiary alicyclic amines) is 1. The monoisotopic (exact) mass is 360 g/mol. The van der Waals surface area contributed by atoms with E-state index in [4.69, 9.17) is 9.47 Å². The quantitative estimate of drug-likeness (QED) is 0.810. The van der Waals surface area contributed by atoms with Gasteiger partial charge in [0.05, 0.1) is 0 Å². The molecule has 0 radical (unpaired) electrons. The second-order valence-corrected chi connectivity index (χ2v) is 6.89. The first-order chi connectivity index (χ1) is 12.6. The molecule has 0 saturated carbocycles. The number of hydrogen-bond acceptors (Lipinski definition) is 4. The average molecular weight is 360 g/mol. The fourth-order valence-corrected chi connectivity index (χ4v) is 3.77. The molecule has 1 aromatic carbocycles. The minimum absolute atomic E-state index is 0.0832. The van der Waals surface area contributed by atoms with Crippen LogP contribution < -0.4 is 14.4 Å². The van der Waals surface area contributed by atoms with Crippen LogP contribution in [0.5, 0.6) is 11.5 Å². The largest absolute Gasteiger partial charge is 0.486 e. The van der Waals surface area contributed by atoms with Gasteiger partial charge in [0.25, 0.3) is 0 Å². The predicted octanol–water partition coefficient (Wildman–Crippen LogP) is 2.99. The predicted molar refractivity (Wildman–Crippen MR) is 99.7 cm³/mol. The van der Waals surface area contributed by atoms with Gasteiger partial charge in [-0.25, -0.2) is 0 Å². The fraction of sp³-hybridized carbons (Fsp3) is 0.600. The van der Waals surface area contributed by atoms with Gasteiger partial charge in [-0.15, -0.1) is 0 Å². The molecule has 2 heterocycles. The average Bonchev–Trinajstić information content (AvgIpc) is 2.67. The van der Waals surface area contributed by atoms with E-state index in [9.17, 15) is 9.59 Å². The Morgan fingerprint density at radius 1 is 1.19 bits per heavy atom. The smallest absolute Gasteiger partial charge is 0.224 e. The minimum Gasteiger partial charge on any atom is -0.486 e. The van der Waals surface area contributed by atoms with E-state index < -0.39 is 0 Å². The first-order valence-corrected chi connectivity index (χ1v) is 9.57. The van der Waals surface area contributed by atoms with Crippen molar-refractivity contribution in [3.05, 3.63) is 18.2 Å². The zero-order valence-electron chi connectivity index (χ0n) is 15.7. The Bertz CT molecular complexity index is 661. The molecule has 1 atom stereocenters. The lowest BCUT2D eigenvalue weighted by Crippen LogP contribution is -2.44. The summed E-state index contributed by atoms with van der Waals surface area (Å²) in [5.74, 6) is 1.40. The highest BCUT2D eigenvalue weighted by molar-refractivity contribution is 5.92. The summed E-state index contributed by atoms with van der Waals surface area (Å²) in [6, 6.07) is 5.82. The van der Waals surface area contributed by atoms with Crippen molar-refractivity contribution in [3.8, 4) is 11.5 Å². The molecule has 0 bridgehead atoms. The Hall–Kier alpha value is -2.24. The molecule has 0 aliphatic carbocycles. The lowest BCUT2D eigenvalue weighted by atomic mass is 9.99. The molecule has 2 amide bonds.